The highest BCUT2D eigenvalue weighted by atomic mass is 35.5. The molecule has 0 aliphatic heterocycles. The second kappa shape index (κ2) is 4.39. The average Bonchev–Trinajstić information content (AvgIpc) is 2.94. The van der Waals surface area contributed by atoms with Crippen LogP contribution in [0.3, 0.4) is 0 Å². The molecule has 3 aromatic rings. The van der Waals surface area contributed by atoms with Crippen LogP contribution in [0.15, 0.2) is 41.1 Å². The van der Waals surface area contributed by atoms with Crippen LogP contribution in [0.4, 0.5) is 5.69 Å². The standard InChI is InChI=1S/C12H9ClN2OS/c13-12-15-7-8(17-12)6-14-10-2-1-3-11-9(10)4-5-16-11/h1-5,7,14H,6H2. The molecule has 0 saturated heterocycles. The maximum Gasteiger partial charge on any atom is 0.183 e. The van der Waals surface area contributed by atoms with Crippen LogP contribution in [0, 0.1) is 0 Å². The van der Waals surface area contributed by atoms with Gasteiger partial charge < -0.3 is 9.73 Å². The molecule has 0 radical (unpaired) electrons. The van der Waals surface area contributed by atoms with Gasteiger partial charge in [-0.05, 0) is 18.2 Å². The van der Waals surface area contributed by atoms with Crippen LogP contribution in [0.2, 0.25) is 4.47 Å². The van der Waals surface area contributed by atoms with Crippen LogP contribution in [0.25, 0.3) is 11.0 Å². The van der Waals surface area contributed by atoms with Crippen LogP contribution in [-0.2, 0) is 6.54 Å². The Kier molecular flexibility index (Phi) is 2.74. The van der Waals surface area contributed by atoms with E-state index in [4.69, 9.17) is 16.0 Å². The molecule has 0 spiro atoms. The smallest absolute Gasteiger partial charge is 0.183 e. The fourth-order valence-electron chi connectivity index (χ4n) is 1.70. The molecule has 1 aromatic carbocycles. The van der Waals surface area contributed by atoms with Crippen molar-refractivity contribution in [2.75, 3.05) is 5.32 Å². The number of hydrogen-bond acceptors (Lipinski definition) is 4. The van der Waals surface area contributed by atoms with Gasteiger partial charge in [0.05, 0.1) is 12.8 Å². The second-order valence-electron chi connectivity index (χ2n) is 3.57. The summed E-state index contributed by atoms with van der Waals surface area (Å²) in [7, 11) is 0. The average molecular weight is 265 g/mol. The summed E-state index contributed by atoms with van der Waals surface area (Å²) in [5, 5.41) is 4.44. The summed E-state index contributed by atoms with van der Waals surface area (Å²) in [5.74, 6) is 0. The molecular weight excluding hydrogens is 256 g/mol. The minimum atomic E-state index is 0.573. The van der Waals surface area contributed by atoms with Gasteiger partial charge in [-0.15, -0.1) is 11.3 Å². The number of furan rings is 1. The quantitative estimate of drug-likeness (QED) is 0.772. The monoisotopic (exact) mass is 264 g/mol. The van der Waals surface area contributed by atoms with Gasteiger partial charge in [0.2, 0.25) is 0 Å². The largest absolute Gasteiger partial charge is 0.464 e. The van der Waals surface area contributed by atoms with Crippen LogP contribution >= 0.6 is 22.9 Å². The molecule has 17 heavy (non-hydrogen) atoms. The van der Waals surface area contributed by atoms with E-state index in [1.54, 1.807) is 12.5 Å². The zero-order chi connectivity index (χ0) is 11.7. The molecule has 86 valence electrons. The van der Waals surface area contributed by atoms with Gasteiger partial charge in [-0.3, -0.25) is 0 Å². The fourth-order valence-corrected chi connectivity index (χ4v) is 2.61. The Hall–Kier alpha value is -1.52. The topological polar surface area (TPSA) is 38.1 Å². The number of fused-ring (bicyclic) bond motifs is 1. The van der Waals surface area contributed by atoms with Crippen molar-refractivity contribution >= 4 is 39.6 Å². The lowest BCUT2D eigenvalue weighted by molar-refractivity contribution is 0.616. The maximum atomic E-state index is 5.78. The third kappa shape index (κ3) is 2.14. The molecule has 5 heteroatoms. The Morgan fingerprint density at radius 2 is 2.29 bits per heavy atom. The summed E-state index contributed by atoms with van der Waals surface area (Å²) in [6.07, 6.45) is 3.48. The third-order valence-corrected chi connectivity index (χ3v) is 3.59. The second-order valence-corrected chi connectivity index (χ2v) is 5.27. The van der Waals surface area contributed by atoms with Crippen molar-refractivity contribution in [3.63, 3.8) is 0 Å². The Morgan fingerprint density at radius 1 is 1.35 bits per heavy atom. The normalized spacial score (nSPS) is 10.9. The zero-order valence-corrected chi connectivity index (χ0v) is 10.4. The molecule has 0 aliphatic rings. The van der Waals surface area contributed by atoms with E-state index in [-0.39, 0.29) is 0 Å². The van der Waals surface area contributed by atoms with Gasteiger partial charge in [-0.25, -0.2) is 4.98 Å². The van der Waals surface area contributed by atoms with Gasteiger partial charge in [0.25, 0.3) is 0 Å². The van der Waals surface area contributed by atoms with Crippen LogP contribution < -0.4 is 5.32 Å². The number of nitrogens with zero attached hydrogens (tertiary/aromatic N) is 1. The molecule has 3 nitrogen and oxygen atoms in total. The first kappa shape index (κ1) is 10.6. The summed E-state index contributed by atoms with van der Waals surface area (Å²) in [6, 6.07) is 7.90. The van der Waals surface area contributed by atoms with E-state index in [0.29, 0.717) is 11.0 Å². The van der Waals surface area contributed by atoms with Crippen molar-refractivity contribution < 1.29 is 4.42 Å². The van der Waals surface area contributed by atoms with Crippen molar-refractivity contribution in [3.8, 4) is 0 Å². The van der Waals surface area contributed by atoms with Crippen molar-refractivity contribution in [2.45, 2.75) is 6.54 Å². The van der Waals surface area contributed by atoms with Gasteiger partial charge in [-0.2, -0.15) is 0 Å². The number of rotatable bonds is 3. The van der Waals surface area contributed by atoms with Gasteiger partial charge in [0.1, 0.15) is 5.58 Å². The first-order chi connectivity index (χ1) is 8.33. The van der Waals surface area contributed by atoms with Crippen molar-refractivity contribution in [1.82, 2.24) is 4.98 Å². The Balaban J connectivity index is 1.83. The van der Waals surface area contributed by atoms with Crippen LogP contribution in [0.1, 0.15) is 4.88 Å². The SMILES string of the molecule is Clc1ncc(CNc2cccc3occc23)s1. The minimum absolute atomic E-state index is 0.573. The summed E-state index contributed by atoms with van der Waals surface area (Å²) < 4.78 is 5.92. The van der Waals surface area contributed by atoms with Crippen LogP contribution in [-0.4, -0.2) is 4.98 Å². The lowest BCUT2D eigenvalue weighted by atomic mass is 10.2. The van der Waals surface area contributed by atoms with E-state index < -0.39 is 0 Å². The van der Waals surface area contributed by atoms with Gasteiger partial charge in [0.15, 0.2) is 4.47 Å². The van der Waals surface area contributed by atoms with E-state index >= 15 is 0 Å². The summed E-state index contributed by atoms with van der Waals surface area (Å²) in [6.45, 7) is 0.717. The first-order valence-corrected chi connectivity index (χ1v) is 6.33. The maximum absolute atomic E-state index is 5.78. The molecular formula is C12H9ClN2OS. The number of anilines is 1. The summed E-state index contributed by atoms with van der Waals surface area (Å²) in [4.78, 5) is 5.11. The lowest BCUT2D eigenvalue weighted by Gasteiger charge is -2.05. The first-order valence-electron chi connectivity index (χ1n) is 5.13. The minimum Gasteiger partial charge on any atom is -0.464 e. The molecule has 2 aromatic heterocycles. The van der Waals surface area contributed by atoms with Crippen molar-refractivity contribution in [1.29, 1.82) is 0 Å². The molecule has 0 bridgehead atoms. The molecule has 0 unspecified atom stereocenters. The number of halogens is 1. The highest BCUT2D eigenvalue weighted by Crippen LogP contribution is 2.25. The van der Waals surface area contributed by atoms with Gasteiger partial charge >= 0.3 is 0 Å². The molecule has 1 N–H and O–H groups in total. The predicted octanol–water partition coefficient (Wildman–Crippen LogP) is 4.15. The Bertz CT molecular complexity index is 647. The molecule has 0 aliphatic carbocycles. The van der Waals surface area contributed by atoms with E-state index in [9.17, 15) is 0 Å². The van der Waals surface area contributed by atoms with Crippen LogP contribution in [0.5, 0.6) is 0 Å². The zero-order valence-electron chi connectivity index (χ0n) is 8.81. The highest BCUT2D eigenvalue weighted by Gasteiger charge is 2.04. The van der Waals surface area contributed by atoms with Gasteiger partial charge in [0, 0.05) is 22.1 Å². The molecule has 0 amide bonds. The summed E-state index contributed by atoms with van der Waals surface area (Å²) >= 11 is 7.27. The number of benzene rings is 1. The Morgan fingerprint density at radius 3 is 3.12 bits per heavy atom. The highest BCUT2D eigenvalue weighted by molar-refractivity contribution is 7.15. The third-order valence-electron chi connectivity index (χ3n) is 2.47. The fraction of sp³-hybridized carbons (Fsp3) is 0.0833. The molecule has 3 rings (SSSR count). The number of nitrogens with one attached hydrogen (secondary N) is 1. The Labute approximate surface area is 107 Å². The molecule has 0 atom stereocenters. The number of hydrogen-bond donors (Lipinski definition) is 1. The summed E-state index contributed by atoms with van der Waals surface area (Å²) in [5.41, 5.74) is 1.94. The molecule has 2 heterocycles. The van der Waals surface area contributed by atoms with E-state index in [2.05, 4.69) is 10.3 Å². The molecule has 0 fully saturated rings. The lowest BCUT2D eigenvalue weighted by Crippen LogP contribution is -1.97. The molecule has 0 saturated carbocycles. The number of thiazole rings is 1. The van der Waals surface area contributed by atoms with E-state index in [1.807, 2.05) is 24.3 Å². The van der Waals surface area contributed by atoms with Crippen molar-refractivity contribution in [2.24, 2.45) is 0 Å². The van der Waals surface area contributed by atoms with Crippen molar-refractivity contribution in [3.05, 3.63) is 46.1 Å². The van der Waals surface area contributed by atoms with E-state index in [1.165, 1.54) is 11.3 Å². The predicted molar refractivity (Wildman–Crippen MR) is 70.7 cm³/mol. The number of aromatic nitrogens is 1. The van der Waals surface area contributed by atoms with Gasteiger partial charge in [-0.1, -0.05) is 17.7 Å². The van der Waals surface area contributed by atoms with E-state index in [0.717, 1.165) is 21.5 Å².